The van der Waals surface area contributed by atoms with E-state index in [-0.39, 0.29) is 5.97 Å². The Kier molecular flexibility index (Phi) is 10.2. The summed E-state index contributed by atoms with van der Waals surface area (Å²) in [5, 5.41) is 3.29. The summed E-state index contributed by atoms with van der Waals surface area (Å²) in [7, 11) is 3.45. The number of carbonyl (C=O) groups is 1. The molecular formula is C11H23NO2S. The molecule has 0 spiro atoms. The van der Waals surface area contributed by atoms with Crippen LogP contribution < -0.4 is 5.32 Å². The number of ether oxygens (including phenoxy) is 1. The molecule has 0 bridgehead atoms. The molecule has 0 aromatic heterocycles. The Balaban J connectivity index is 3.21. The van der Waals surface area contributed by atoms with Gasteiger partial charge in [0.05, 0.1) is 13.5 Å². The highest BCUT2D eigenvalue weighted by molar-refractivity contribution is 7.99. The van der Waals surface area contributed by atoms with Gasteiger partial charge >= 0.3 is 5.97 Å². The van der Waals surface area contributed by atoms with Crippen LogP contribution in [0.4, 0.5) is 0 Å². The number of hydrogen-bond acceptors (Lipinski definition) is 4. The van der Waals surface area contributed by atoms with Crippen LogP contribution in [0, 0.1) is 0 Å². The van der Waals surface area contributed by atoms with Crippen molar-refractivity contribution >= 4 is 17.7 Å². The van der Waals surface area contributed by atoms with Crippen molar-refractivity contribution in [2.24, 2.45) is 0 Å². The van der Waals surface area contributed by atoms with Gasteiger partial charge in [-0.05, 0) is 32.1 Å². The summed E-state index contributed by atoms with van der Waals surface area (Å²) in [5.74, 6) is 1.90. The van der Waals surface area contributed by atoms with Gasteiger partial charge in [0.15, 0.2) is 0 Å². The van der Waals surface area contributed by atoms with Crippen LogP contribution in [0.25, 0.3) is 0 Å². The van der Waals surface area contributed by atoms with Crippen LogP contribution in [0.5, 0.6) is 0 Å². The highest BCUT2D eigenvalue weighted by Gasteiger charge is 2.03. The predicted octanol–water partition coefficient (Wildman–Crippen LogP) is 2.06. The normalized spacial score (nSPS) is 12.5. The zero-order valence-electron chi connectivity index (χ0n) is 10.0. The van der Waals surface area contributed by atoms with E-state index in [1.165, 1.54) is 26.4 Å². The van der Waals surface area contributed by atoms with Crippen molar-refractivity contribution in [1.82, 2.24) is 5.32 Å². The highest BCUT2D eigenvalue weighted by atomic mass is 32.2. The van der Waals surface area contributed by atoms with Crippen LogP contribution in [0.3, 0.4) is 0 Å². The molecule has 3 nitrogen and oxygen atoms in total. The molecule has 0 aromatic carbocycles. The molecule has 0 amide bonds. The van der Waals surface area contributed by atoms with E-state index in [4.69, 9.17) is 0 Å². The van der Waals surface area contributed by atoms with E-state index in [2.05, 4.69) is 17.0 Å². The Bertz CT molecular complexity index is 161. The molecule has 90 valence electrons. The van der Waals surface area contributed by atoms with E-state index < -0.39 is 0 Å². The molecule has 0 aliphatic carbocycles. The Morgan fingerprint density at radius 2 is 2.20 bits per heavy atom. The number of nitrogens with one attached hydrogen (secondary N) is 1. The second kappa shape index (κ2) is 10.3. The summed E-state index contributed by atoms with van der Waals surface area (Å²) in [6.45, 7) is 2.20. The Labute approximate surface area is 97.3 Å². The van der Waals surface area contributed by atoms with E-state index in [1.807, 2.05) is 18.8 Å². The summed E-state index contributed by atoms with van der Waals surface area (Å²) in [5.41, 5.74) is 0. The first kappa shape index (κ1) is 14.8. The van der Waals surface area contributed by atoms with Gasteiger partial charge in [0.1, 0.15) is 0 Å². The minimum atomic E-state index is -0.107. The van der Waals surface area contributed by atoms with Gasteiger partial charge in [-0.25, -0.2) is 0 Å². The summed E-state index contributed by atoms with van der Waals surface area (Å²) < 4.78 is 4.57. The average molecular weight is 233 g/mol. The minimum Gasteiger partial charge on any atom is -0.469 e. The lowest BCUT2D eigenvalue weighted by molar-refractivity contribution is -0.140. The molecule has 4 heteroatoms. The quantitative estimate of drug-likeness (QED) is 0.489. The van der Waals surface area contributed by atoms with Crippen LogP contribution >= 0.6 is 11.8 Å². The molecule has 0 radical (unpaired) electrons. The fourth-order valence-corrected chi connectivity index (χ4v) is 2.23. The molecule has 0 saturated heterocycles. The van der Waals surface area contributed by atoms with Crippen LogP contribution in [-0.4, -0.2) is 37.7 Å². The summed E-state index contributed by atoms with van der Waals surface area (Å²) in [6.07, 6.45) is 4.15. The summed E-state index contributed by atoms with van der Waals surface area (Å²) >= 11 is 1.83. The van der Waals surface area contributed by atoms with Gasteiger partial charge in [-0.3, -0.25) is 4.79 Å². The first-order chi connectivity index (χ1) is 7.24. The van der Waals surface area contributed by atoms with Gasteiger partial charge in [0.25, 0.3) is 0 Å². The second-order valence-electron chi connectivity index (χ2n) is 3.47. The van der Waals surface area contributed by atoms with Crippen molar-refractivity contribution in [2.45, 2.75) is 38.6 Å². The fraction of sp³-hybridized carbons (Fsp3) is 0.909. The van der Waals surface area contributed by atoms with E-state index in [9.17, 15) is 4.79 Å². The van der Waals surface area contributed by atoms with Gasteiger partial charge in [-0.15, -0.1) is 0 Å². The van der Waals surface area contributed by atoms with Crippen molar-refractivity contribution in [1.29, 1.82) is 0 Å². The molecule has 15 heavy (non-hydrogen) atoms. The maximum Gasteiger partial charge on any atom is 0.306 e. The molecule has 0 rings (SSSR count). The van der Waals surface area contributed by atoms with Gasteiger partial charge < -0.3 is 10.1 Å². The van der Waals surface area contributed by atoms with Gasteiger partial charge in [0.2, 0.25) is 0 Å². The smallest absolute Gasteiger partial charge is 0.306 e. The van der Waals surface area contributed by atoms with Gasteiger partial charge in [0, 0.05) is 11.8 Å². The van der Waals surface area contributed by atoms with Crippen molar-refractivity contribution in [3.63, 3.8) is 0 Å². The molecule has 0 heterocycles. The third-order valence-electron chi connectivity index (χ3n) is 2.42. The second-order valence-corrected chi connectivity index (χ2v) is 4.70. The minimum absolute atomic E-state index is 0.107. The number of methoxy groups -OCH3 is 1. The maximum absolute atomic E-state index is 10.8. The van der Waals surface area contributed by atoms with E-state index in [1.54, 1.807) is 0 Å². The largest absolute Gasteiger partial charge is 0.469 e. The van der Waals surface area contributed by atoms with E-state index in [0.29, 0.717) is 12.5 Å². The molecule has 0 aromatic rings. The highest BCUT2D eigenvalue weighted by Crippen LogP contribution is 2.09. The number of rotatable bonds is 9. The third kappa shape index (κ3) is 8.75. The summed E-state index contributed by atoms with van der Waals surface area (Å²) in [6, 6.07) is 0.645. The Morgan fingerprint density at radius 1 is 1.47 bits per heavy atom. The fourth-order valence-electron chi connectivity index (χ4n) is 1.34. The van der Waals surface area contributed by atoms with Crippen LogP contribution in [0.15, 0.2) is 0 Å². The Hall–Kier alpha value is -0.220. The first-order valence-electron chi connectivity index (χ1n) is 5.56. The Morgan fingerprint density at radius 3 is 2.73 bits per heavy atom. The van der Waals surface area contributed by atoms with Crippen molar-refractivity contribution in [3.8, 4) is 0 Å². The molecule has 0 saturated carbocycles. The van der Waals surface area contributed by atoms with Crippen molar-refractivity contribution in [3.05, 3.63) is 0 Å². The van der Waals surface area contributed by atoms with Crippen LogP contribution in [0.2, 0.25) is 0 Å². The number of carbonyl (C=O) groups excluding carboxylic acids is 1. The zero-order chi connectivity index (χ0) is 11.5. The van der Waals surface area contributed by atoms with Crippen LogP contribution in [0.1, 0.15) is 32.6 Å². The lowest BCUT2D eigenvalue weighted by atomic mass is 10.1. The zero-order valence-corrected chi connectivity index (χ0v) is 10.9. The maximum atomic E-state index is 10.8. The lowest BCUT2D eigenvalue weighted by Gasteiger charge is -2.12. The summed E-state index contributed by atoms with van der Waals surface area (Å²) in [4.78, 5) is 10.8. The molecule has 1 atom stereocenters. The molecule has 1 N–H and O–H groups in total. The average Bonchev–Trinajstić information content (AvgIpc) is 2.28. The SMILES string of the molecule is CCC(CCCSCCC(=O)OC)NC. The van der Waals surface area contributed by atoms with Gasteiger partial charge in [-0.2, -0.15) is 11.8 Å². The third-order valence-corrected chi connectivity index (χ3v) is 3.49. The predicted molar refractivity (Wildman–Crippen MR) is 66.3 cm³/mol. The first-order valence-corrected chi connectivity index (χ1v) is 6.71. The van der Waals surface area contributed by atoms with E-state index >= 15 is 0 Å². The molecular weight excluding hydrogens is 210 g/mol. The standard InChI is InChI=1S/C11H23NO2S/c1-4-10(12-2)6-5-8-15-9-7-11(13)14-3/h10,12H,4-9H2,1-3H3. The molecule has 1 unspecified atom stereocenters. The van der Waals surface area contributed by atoms with Crippen LogP contribution in [-0.2, 0) is 9.53 Å². The monoisotopic (exact) mass is 233 g/mol. The number of thioether (sulfide) groups is 1. The topological polar surface area (TPSA) is 38.3 Å². The van der Waals surface area contributed by atoms with Crippen molar-refractivity contribution < 1.29 is 9.53 Å². The number of hydrogen-bond donors (Lipinski definition) is 1. The molecule has 0 aliphatic heterocycles. The number of esters is 1. The molecule has 0 fully saturated rings. The lowest BCUT2D eigenvalue weighted by Crippen LogP contribution is -2.23. The molecule has 0 aliphatic rings. The van der Waals surface area contributed by atoms with Gasteiger partial charge in [-0.1, -0.05) is 6.92 Å². The van der Waals surface area contributed by atoms with E-state index in [0.717, 1.165) is 11.5 Å². The van der Waals surface area contributed by atoms with Crippen molar-refractivity contribution in [2.75, 3.05) is 25.7 Å².